The zero-order valence-corrected chi connectivity index (χ0v) is 28.9. The van der Waals surface area contributed by atoms with Gasteiger partial charge in [-0.1, -0.05) is 102 Å². The Kier molecular flexibility index (Phi) is 11.9. The molecular formula is C36H35Cl3N2O5S. The molecule has 3 N–H and O–H groups in total. The molecule has 0 radical (unpaired) electrons. The minimum Gasteiger partial charge on any atom is -0.392 e. The van der Waals surface area contributed by atoms with Gasteiger partial charge in [-0.3, -0.25) is 9.59 Å². The summed E-state index contributed by atoms with van der Waals surface area (Å²) in [6.45, 7) is 3.80. The first kappa shape index (κ1) is 35.2. The van der Waals surface area contributed by atoms with Crippen LogP contribution in [0.1, 0.15) is 48.5 Å². The summed E-state index contributed by atoms with van der Waals surface area (Å²) in [6.07, 6.45) is -1.03. The van der Waals surface area contributed by atoms with E-state index in [4.69, 9.17) is 44.3 Å². The van der Waals surface area contributed by atoms with Gasteiger partial charge in [0.05, 0.1) is 18.8 Å². The first-order chi connectivity index (χ1) is 22.5. The summed E-state index contributed by atoms with van der Waals surface area (Å²) in [7, 11) is 0. The van der Waals surface area contributed by atoms with E-state index >= 15 is 0 Å². The Hall–Kier alpha value is -3.08. The van der Waals surface area contributed by atoms with Crippen molar-refractivity contribution in [1.82, 2.24) is 5.32 Å². The second-order valence-corrected chi connectivity index (χ2v) is 14.7. The molecule has 0 spiro atoms. The van der Waals surface area contributed by atoms with Gasteiger partial charge in [0, 0.05) is 41.3 Å². The molecule has 4 atom stereocenters. The number of aliphatic hydroxyl groups is 1. The van der Waals surface area contributed by atoms with E-state index in [2.05, 4.69) is 23.6 Å². The van der Waals surface area contributed by atoms with Crippen LogP contribution in [0.4, 0.5) is 5.69 Å². The normalized spacial score (nSPS) is 19.6. The van der Waals surface area contributed by atoms with Crippen LogP contribution in [0, 0.1) is 5.92 Å². The highest BCUT2D eigenvalue weighted by atomic mass is 35.6. The van der Waals surface area contributed by atoms with Gasteiger partial charge in [-0.25, -0.2) is 0 Å². The molecule has 47 heavy (non-hydrogen) atoms. The van der Waals surface area contributed by atoms with Crippen LogP contribution in [0.2, 0.25) is 0 Å². The molecule has 1 heterocycles. The second kappa shape index (κ2) is 15.9. The highest BCUT2D eigenvalue weighted by Gasteiger charge is 2.38. The fourth-order valence-corrected chi connectivity index (χ4v) is 6.60. The van der Waals surface area contributed by atoms with Crippen molar-refractivity contribution in [3.63, 3.8) is 0 Å². The largest absolute Gasteiger partial charge is 0.392 e. The van der Waals surface area contributed by atoms with E-state index in [1.165, 1.54) is 6.92 Å². The number of amides is 2. The van der Waals surface area contributed by atoms with Gasteiger partial charge in [0.25, 0.3) is 9.70 Å². The lowest BCUT2D eigenvalue weighted by molar-refractivity contribution is -0.268. The molecule has 1 fully saturated rings. The van der Waals surface area contributed by atoms with Crippen LogP contribution in [-0.4, -0.2) is 32.6 Å². The van der Waals surface area contributed by atoms with Crippen LogP contribution in [-0.2, 0) is 32.2 Å². The molecular weight excluding hydrogens is 679 g/mol. The number of alkyl halides is 3. The lowest BCUT2D eigenvalue weighted by Crippen LogP contribution is -2.38. The van der Waals surface area contributed by atoms with E-state index in [1.807, 2.05) is 91.0 Å². The summed E-state index contributed by atoms with van der Waals surface area (Å²) in [6, 6.07) is 31.4. The van der Waals surface area contributed by atoms with Crippen LogP contribution >= 0.6 is 46.6 Å². The molecule has 4 aromatic rings. The number of carbonyl (C=O) groups excluding carboxylic acids is 2. The number of benzene rings is 4. The molecule has 11 heteroatoms. The van der Waals surface area contributed by atoms with Crippen molar-refractivity contribution in [3.05, 3.63) is 119 Å². The summed E-state index contributed by atoms with van der Waals surface area (Å²) in [5.41, 5.74) is 6.22. The number of hydrogen-bond donors (Lipinski definition) is 3. The molecule has 1 aliphatic rings. The van der Waals surface area contributed by atoms with Crippen molar-refractivity contribution in [3.8, 4) is 11.1 Å². The van der Waals surface area contributed by atoms with E-state index < -0.39 is 16.0 Å². The van der Waals surface area contributed by atoms with Crippen LogP contribution in [0.5, 0.6) is 0 Å². The number of anilines is 1. The van der Waals surface area contributed by atoms with Crippen molar-refractivity contribution >= 4 is 64.1 Å². The third kappa shape index (κ3) is 9.51. The van der Waals surface area contributed by atoms with Crippen molar-refractivity contribution < 1.29 is 24.2 Å². The minimum absolute atomic E-state index is 0.0274. The van der Waals surface area contributed by atoms with Crippen molar-refractivity contribution in [1.29, 1.82) is 0 Å². The van der Waals surface area contributed by atoms with Gasteiger partial charge in [-0.15, -0.1) is 11.8 Å². The van der Waals surface area contributed by atoms with Crippen molar-refractivity contribution in [2.24, 2.45) is 5.92 Å². The Morgan fingerprint density at radius 1 is 0.851 bits per heavy atom. The number of aliphatic hydroxyl groups excluding tert-OH is 1. The third-order valence-electron chi connectivity index (χ3n) is 7.84. The number of ether oxygens (including phenoxy) is 2. The van der Waals surface area contributed by atoms with Gasteiger partial charge in [-0.2, -0.15) is 0 Å². The first-order valence-corrected chi connectivity index (χ1v) is 17.2. The number of thioether (sulfide) groups is 1. The standard InChI is InChI=1S/C36H35Cl3N2O5S/c1-22-32(21-47-31-15-13-30(14-16-31)41-23(2)43)45-34(46-33(22)26-11-9-24(20-42)10-12-26)29-8-4-7-28(18-29)27-6-3-5-25(17-27)19-40-35(44)36(37,38)39/h3-18,22,32-34,42H,19-21H2,1-2H3,(H,40,44)(H,41,43)/t22-,32+,33+,34+/m0/s1. The number of nitrogens with one attached hydrogen (secondary N) is 2. The molecule has 0 unspecified atom stereocenters. The predicted molar refractivity (Wildman–Crippen MR) is 188 cm³/mol. The topological polar surface area (TPSA) is 96.9 Å². The fourth-order valence-electron chi connectivity index (χ4n) is 5.33. The Balaban J connectivity index is 1.37. The predicted octanol–water partition coefficient (Wildman–Crippen LogP) is 8.37. The molecule has 0 aromatic heterocycles. The van der Waals surface area contributed by atoms with E-state index in [1.54, 1.807) is 11.8 Å². The van der Waals surface area contributed by atoms with Crippen LogP contribution in [0.25, 0.3) is 11.1 Å². The average Bonchev–Trinajstić information content (AvgIpc) is 3.07. The first-order valence-electron chi connectivity index (χ1n) is 15.1. The summed E-state index contributed by atoms with van der Waals surface area (Å²) < 4.78 is 11.3. The highest BCUT2D eigenvalue weighted by Crippen LogP contribution is 2.43. The molecule has 0 bridgehead atoms. The maximum atomic E-state index is 12.0. The van der Waals surface area contributed by atoms with Gasteiger partial charge in [0.2, 0.25) is 5.91 Å². The molecule has 4 aromatic carbocycles. The Bertz CT molecular complexity index is 1680. The fraction of sp³-hybridized carbons (Fsp3) is 0.278. The van der Waals surface area contributed by atoms with Gasteiger partial charge in [-0.05, 0) is 64.2 Å². The molecule has 5 rings (SSSR count). The van der Waals surface area contributed by atoms with Crippen molar-refractivity contribution in [2.45, 2.75) is 54.2 Å². The number of hydrogen-bond acceptors (Lipinski definition) is 6. The van der Waals surface area contributed by atoms with E-state index in [0.29, 0.717) is 5.75 Å². The summed E-state index contributed by atoms with van der Waals surface area (Å²) in [4.78, 5) is 24.5. The van der Waals surface area contributed by atoms with Crippen LogP contribution < -0.4 is 10.6 Å². The zero-order chi connectivity index (χ0) is 33.6. The highest BCUT2D eigenvalue weighted by molar-refractivity contribution is 7.99. The van der Waals surface area contributed by atoms with Crippen molar-refractivity contribution in [2.75, 3.05) is 11.1 Å². The second-order valence-electron chi connectivity index (χ2n) is 11.3. The SMILES string of the molecule is CC(=O)Nc1ccc(SC[C@H]2O[C@@H](c3cccc(-c4cccc(CNC(=O)C(Cl)(Cl)Cl)c4)c3)O[C@@H](c3ccc(CO)cc3)[C@H]2C)cc1. The molecule has 0 aliphatic carbocycles. The number of halogens is 3. The smallest absolute Gasteiger partial charge is 0.272 e. The summed E-state index contributed by atoms with van der Waals surface area (Å²) >= 11 is 18.8. The number of rotatable bonds is 10. The maximum Gasteiger partial charge on any atom is 0.272 e. The van der Waals surface area contributed by atoms with E-state index in [-0.39, 0.29) is 37.2 Å². The minimum atomic E-state index is -2.03. The summed E-state index contributed by atoms with van der Waals surface area (Å²) in [5, 5.41) is 15.0. The molecule has 1 saturated heterocycles. The lowest BCUT2D eigenvalue weighted by Gasteiger charge is -2.41. The maximum absolute atomic E-state index is 12.0. The van der Waals surface area contributed by atoms with Gasteiger partial charge in [0.15, 0.2) is 6.29 Å². The zero-order valence-electron chi connectivity index (χ0n) is 25.8. The summed E-state index contributed by atoms with van der Waals surface area (Å²) in [5.74, 6) is -0.0831. The van der Waals surface area contributed by atoms with E-state index in [9.17, 15) is 14.7 Å². The molecule has 1 aliphatic heterocycles. The van der Waals surface area contributed by atoms with Gasteiger partial charge >= 0.3 is 0 Å². The van der Waals surface area contributed by atoms with Gasteiger partial charge in [0.1, 0.15) is 0 Å². The Morgan fingerprint density at radius 2 is 1.53 bits per heavy atom. The Morgan fingerprint density at radius 3 is 2.19 bits per heavy atom. The molecule has 246 valence electrons. The lowest BCUT2D eigenvalue weighted by atomic mass is 9.91. The quantitative estimate of drug-likeness (QED) is 0.113. The number of carbonyl (C=O) groups is 2. The van der Waals surface area contributed by atoms with Gasteiger partial charge < -0.3 is 25.2 Å². The van der Waals surface area contributed by atoms with E-state index in [0.717, 1.165) is 44.0 Å². The van der Waals surface area contributed by atoms with Crippen LogP contribution in [0.15, 0.2) is 102 Å². The molecule has 7 nitrogen and oxygen atoms in total. The Labute approximate surface area is 293 Å². The third-order valence-corrected chi connectivity index (χ3v) is 9.46. The molecule has 0 saturated carbocycles. The van der Waals surface area contributed by atoms with Crippen LogP contribution in [0.3, 0.4) is 0 Å². The molecule has 2 amide bonds. The average molecular weight is 714 g/mol. The monoisotopic (exact) mass is 712 g/mol.